The van der Waals surface area contributed by atoms with Crippen LogP contribution < -0.4 is 0 Å². The molecular formula is C14H9Cl2N3S. The Morgan fingerprint density at radius 3 is 2.55 bits per heavy atom. The standard InChI is InChI=1S/C14H8ClN3S.ClH/c15-9-5-7-10(8-6-9)18-17-13-11-3-1-2-4-12(11)16-14(13)19-18;/h1-8H;1H. The van der Waals surface area contributed by atoms with Gasteiger partial charge in [-0.2, -0.15) is 9.17 Å². The van der Waals surface area contributed by atoms with E-state index in [1.807, 2.05) is 46.5 Å². The highest BCUT2D eigenvalue weighted by Crippen LogP contribution is 2.33. The third kappa shape index (κ3) is 2.06. The van der Waals surface area contributed by atoms with Gasteiger partial charge in [-0.1, -0.05) is 29.8 Å². The number of aromatic nitrogens is 3. The predicted molar refractivity (Wildman–Crippen MR) is 85.6 cm³/mol. The van der Waals surface area contributed by atoms with Gasteiger partial charge in [0, 0.05) is 10.4 Å². The van der Waals surface area contributed by atoms with Crippen LogP contribution >= 0.6 is 35.5 Å². The molecule has 3 nitrogen and oxygen atoms in total. The molecule has 0 spiro atoms. The first-order valence-corrected chi connectivity index (χ1v) is 6.97. The fourth-order valence-electron chi connectivity index (χ4n) is 2.08. The molecule has 0 fully saturated rings. The highest BCUT2D eigenvalue weighted by atomic mass is 35.5. The topological polar surface area (TPSA) is 30.7 Å². The maximum Gasteiger partial charge on any atom is 0.163 e. The van der Waals surface area contributed by atoms with Gasteiger partial charge in [-0.15, -0.1) is 12.4 Å². The lowest BCUT2D eigenvalue weighted by Gasteiger charge is -1.98. The van der Waals surface area contributed by atoms with E-state index in [0.29, 0.717) is 0 Å². The summed E-state index contributed by atoms with van der Waals surface area (Å²) >= 11 is 7.43. The van der Waals surface area contributed by atoms with Gasteiger partial charge in [0.2, 0.25) is 0 Å². The summed E-state index contributed by atoms with van der Waals surface area (Å²) in [5.74, 6) is 0. The molecule has 0 atom stereocenters. The van der Waals surface area contributed by atoms with E-state index in [9.17, 15) is 0 Å². The Morgan fingerprint density at radius 2 is 1.75 bits per heavy atom. The molecule has 6 heteroatoms. The molecule has 2 aliphatic rings. The molecule has 2 aromatic carbocycles. The van der Waals surface area contributed by atoms with E-state index in [-0.39, 0.29) is 12.4 Å². The number of hydrogen-bond acceptors (Lipinski definition) is 3. The van der Waals surface area contributed by atoms with Crippen molar-refractivity contribution in [1.29, 1.82) is 0 Å². The van der Waals surface area contributed by atoms with Crippen LogP contribution in [0.2, 0.25) is 5.02 Å². The van der Waals surface area contributed by atoms with Crippen molar-refractivity contribution in [2.45, 2.75) is 0 Å². The van der Waals surface area contributed by atoms with Gasteiger partial charge in [-0.3, -0.25) is 0 Å². The number of nitrogens with zero attached hydrogens (tertiary/aromatic N) is 3. The van der Waals surface area contributed by atoms with E-state index in [1.54, 1.807) is 0 Å². The highest BCUT2D eigenvalue weighted by molar-refractivity contribution is 7.10. The van der Waals surface area contributed by atoms with Crippen molar-refractivity contribution in [2.75, 3.05) is 0 Å². The quantitative estimate of drug-likeness (QED) is 0.510. The average molecular weight is 322 g/mol. The molecule has 100 valence electrons. The van der Waals surface area contributed by atoms with E-state index in [1.165, 1.54) is 11.5 Å². The van der Waals surface area contributed by atoms with Gasteiger partial charge in [0.25, 0.3) is 0 Å². The summed E-state index contributed by atoms with van der Waals surface area (Å²) in [7, 11) is 0. The maximum atomic E-state index is 5.90. The summed E-state index contributed by atoms with van der Waals surface area (Å²) in [6, 6.07) is 15.7. The van der Waals surface area contributed by atoms with E-state index in [4.69, 9.17) is 11.6 Å². The zero-order valence-electron chi connectivity index (χ0n) is 10.2. The SMILES string of the molecule is Cl.Clc1ccc(-n2nc3c4ccccc4nc-3s2)cc1. The minimum Gasteiger partial charge on any atom is -0.233 e. The van der Waals surface area contributed by atoms with Crippen LogP contribution in [0.5, 0.6) is 0 Å². The molecule has 0 amide bonds. The number of rotatable bonds is 1. The van der Waals surface area contributed by atoms with Crippen molar-refractivity contribution < 1.29 is 0 Å². The summed E-state index contributed by atoms with van der Waals surface area (Å²) < 4.78 is 1.88. The number of para-hydroxylation sites is 1. The largest absolute Gasteiger partial charge is 0.233 e. The molecule has 20 heavy (non-hydrogen) atoms. The second kappa shape index (κ2) is 5.05. The molecule has 0 saturated heterocycles. The molecule has 4 rings (SSSR count). The Labute approximate surface area is 130 Å². The monoisotopic (exact) mass is 321 g/mol. The van der Waals surface area contributed by atoms with Crippen LogP contribution in [0, 0.1) is 0 Å². The smallest absolute Gasteiger partial charge is 0.163 e. The Kier molecular flexibility index (Phi) is 3.38. The predicted octanol–water partition coefficient (Wildman–Crippen LogP) is 4.66. The first-order valence-electron chi connectivity index (χ1n) is 5.82. The van der Waals surface area contributed by atoms with E-state index in [0.717, 1.165) is 32.3 Å². The molecule has 2 aromatic rings. The van der Waals surface area contributed by atoms with Gasteiger partial charge in [-0.25, -0.2) is 4.98 Å². The fourth-order valence-corrected chi connectivity index (χ4v) is 3.10. The van der Waals surface area contributed by atoms with Gasteiger partial charge >= 0.3 is 0 Å². The summed E-state index contributed by atoms with van der Waals surface area (Å²) in [5, 5.41) is 7.41. The van der Waals surface area contributed by atoms with Gasteiger partial charge < -0.3 is 0 Å². The van der Waals surface area contributed by atoms with Gasteiger partial charge in [0.15, 0.2) is 5.01 Å². The van der Waals surface area contributed by atoms with Crippen molar-refractivity contribution >= 4 is 46.4 Å². The number of benzene rings is 2. The van der Waals surface area contributed by atoms with Crippen LogP contribution in [0.3, 0.4) is 0 Å². The molecule has 0 N–H and O–H groups in total. The van der Waals surface area contributed by atoms with Crippen molar-refractivity contribution in [1.82, 2.24) is 14.2 Å². The lowest BCUT2D eigenvalue weighted by atomic mass is 10.2. The van der Waals surface area contributed by atoms with Gasteiger partial charge in [-0.05, 0) is 41.9 Å². The number of halogens is 2. The van der Waals surface area contributed by atoms with Crippen LogP contribution in [-0.2, 0) is 0 Å². The Hall–Kier alpha value is -1.62. The van der Waals surface area contributed by atoms with Crippen molar-refractivity contribution in [3.05, 3.63) is 53.6 Å². The van der Waals surface area contributed by atoms with Crippen molar-refractivity contribution in [2.24, 2.45) is 0 Å². The molecule has 0 aliphatic carbocycles. The van der Waals surface area contributed by atoms with Crippen LogP contribution in [0.1, 0.15) is 0 Å². The zero-order chi connectivity index (χ0) is 12.8. The van der Waals surface area contributed by atoms with Crippen LogP contribution in [0.25, 0.3) is 27.3 Å². The van der Waals surface area contributed by atoms with Crippen molar-refractivity contribution in [3.8, 4) is 16.4 Å². The highest BCUT2D eigenvalue weighted by Gasteiger charge is 2.17. The van der Waals surface area contributed by atoms with Crippen LogP contribution in [-0.4, -0.2) is 14.2 Å². The number of fused-ring (bicyclic) bond motifs is 3. The second-order valence-electron chi connectivity index (χ2n) is 4.22. The van der Waals surface area contributed by atoms with E-state index >= 15 is 0 Å². The first kappa shape index (κ1) is 13.4. The van der Waals surface area contributed by atoms with E-state index < -0.39 is 0 Å². The molecule has 0 aromatic heterocycles. The second-order valence-corrected chi connectivity index (χ2v) is 5.57. The first-order chi connectivity index (χ1) is 9.31. The van der Waals surface area contributed by atoms with Crippen molar-refractivity contribution in [3.63, 3.8) is 0 Å². The number of hydrogen-bond donors (Lipinski definition) is 0. The summed E-state index contributed by atoms with van der Waals surface area (Å²) in [5.41, 5.74) is 2.95. The average Bonchev–Trinajstić information content (AvgIpc) is 2.97. The Bertz CT molecular complexity index is 835. The minimum absolute atomic E-state index is 0. The third-order valence-electron chi connectivity index (χ3n) is 3.00. The summed E-state index contributed by atoms with van der Waals surface area (Å²) in [6.07, 6.45) is 0. The normalized spacial score (nSPS) is 10.8. The molecule has 0 unspecified atom stereocenters. The Morgan fingerprint density at radius 1 is 1.00 bits per heavy atom. The molecule has 2 aliphatic heterocycles. The zero-order valence-corrected chi connectivity index (χ0v) is 12.5. The lowest BCUT2D eigenvalue weighted by molar-refractivity contribution is 0.966. The van der Waals surface area contributed by atoms with Gasteiger partial charge in [0.05, 0.1) is 11.2 Å². The molecule has 0 bridgehead atoms. The Balaban J connectivity index is 0.00000121. The lowest BCUT2D eigenvalue weighted by Crippen LogP contribution is -1.91. The summed E-state index contributed by atoms with van der Waals surface area (Å²) in [4.78, 5) is 4.59. The maximum absolute atomic E-state index is 5.90. The summed E-state index contributed by atoms with van der Waals surface area (Å²) in [6.45, 7) is 0. The van der Waals surface area contributed by atoms with Crippen LogP contribution in [0.4, 0.5) is 0 Å². The van der Waals surface area contributed by atoms with Crippen LogP contribution in [0.15, 0.2) is 48.5 Å². The molecule has 0 radical (unpaired) electrons. The minimum atomic E-state index is 0. The molecular weight excluding hydrogens is 313 g/mol. The third-order valence-corrected chi connectivity index (χ3v) is 4.17. The fraction of sp³-hybridized carbons (Fsp3) is 0. The molecule has 2 heterocycles. The van der Waals surface area contributed by atoms with Gasteiger partial charge in [0.1, 0.15) is 5.69 Å². The molecule has 0 saturated carbocycles. The van der Waals surface area contributed by atoms with E-state index in [2.05, 4.69) is 16.1 Å².